The van der Waals surface area contributed by atoms with E-state index in [1.165, 1.54) is 6.92 Å². The number of para-hydroxylation sites is 1. The number of aliphatic hydroxyl groups is 2. The molecule has 0 fully saturated rings. The zero-order valence-corrected chi connectivity index (χ0v) is 7.49. The van der Waals surface area contributed by atoms with Gasteiger partial charge < -0.3 is 15.5 Å². The third kappa shape index (κ3) is 2.57. The summed E-state index contributed by atoms with van der Waals surface area (Å²) in [5.74, 6) is -2.04. The fraction of sp³-hybridized carbons (Fsp3) is 0.200. The predicted molar refractivity (Wildman–Crippen MR) is 52.0 cm³/mol. The Balaban J connectivity index is 2.75. The molecule has 3 heteroatoms. The van der Waals surface area contributed by atoms with E-state index in [0.717, 1.165) is 0 Å². The number of nitrogens with one attached hydrogen (secondary N) is 1. The molecule has 0 amide bonds. The molecule has 0 bridgehead atoms. The first-order valence-electron chi connectivity index (χ1n) is 3.96. The van der Waals surface area contributed by atoms with Gasteiger partial charge in [-0.05, 0) is 19.1 Å². The number of hydrogen-bond donors (Lipinski definition) is 3. The highest BCUT2D eigenvalue weighted by molar-refractivity contribution is 5.45. The van der Waals surface area contributed by atoms with Crippen LogP contribution in [0.4, 0.5) is 5.69 Å². The molecule has 0 aliphatic carbocycles. The van der Waals surface area contributed by atoms with Gasteiger partial charge in [0.25, 0.3) is 5.91 Å². The molecule has 0 aliphatic heterocycles. The highest BCUT2D eigenvalue weighted by Gasteiger charge is 2.23. The summed E-state index contributed by atoms with van der Waals surface area (Å²) in [6, 6.07) is 8.93. The largest absolute Gasteiger partial charge is 0.345 e. The van der Waals surface area contributed by atoms with E-state index >= 15 is 0 Å². The van der Waals surface area contributed by atoms with E-state index in [4.69, 9.17) is 0 Å². The van der Waals surface area contributed by atoms with Crippen molar-refractivity contribution in [2.24, 2.45) is 0 Å². The summed E-state index contributed by atoms with van der Waals surface area (Å²) in [6.07, 6.45) is 0. The van der Waals surface area contributed by atoms with Gasteiger partial charge in [-0.15, -0.1) is 0 Å². The van der Waals surface area contributed by atoms with Gasteiger partial charge in [-0.3, -0.25) is 0 Å². The maximum atomic E-state index is 9.39. The molecule has 0 heterocycles. The molecule has 0 saturated carbocycles. The monoisotopic (exact) mass is 179 g/mol. The van der Waals surface area contributed by atoms with Crippen LogP contribution in [0.5, 0.6) is 0 Å². The molecule has 0 unspecified atom stereocenters. The lowest BCUT2D eigenvalue weighted by Crippen LogP contribution is -2.38. The topological polar surface area (TPSA) is 52.5 Å². The van der Waals surface area contributed by atoms with Gasteiger partial charge in [0, 0.05) is 11.3 Å². The summed E-state index contributed by atoms with van der Waals surface area (Å²) in [5, 5.41) is 21.3. The van der Waals surface area contributed by atoms with Gasteiger partial charge in [-0.2, -0.15) is 0 Å². The summed E-state index contributed by atoms with van der Waals surface area (Å²) >= 11 is 0. The minimum absolute atomic E-state index is 0.247. The molecule has 70 valence electrons. The lowest BCUT2D eigenvalue weighted by atomic mass is 10.2. The van der Waals surface area contributed by atoms with Crippen molar-refractivity contribution in [2.45, 2.75) is 12.8 Å². The van der Waals surface area contributed by atoms with E-state index in [2.05, 4.69) is 11.9 Å². The molecule has 0 aliphatic rings. The van der Waals surface area contributed by atoms with Gasteiger partial charge in [0.2, 0.25) is 0 Å². The normalized spacial score (nSPS) is 11.0. The Morgan fingerprint density at radius 3 is 2.31 bits per heavy atom. The molecule has 1 rings (SSSR count). The summed E-state index contributed by atoms with van der Waals surface area (Å²) in [5.41, 5.74) is 0.881. The van der Waals surface area contributed by atoms with E-state index in [-0.39, 0.29) is 5.57 Å². The Morgan fingerprint density at radius 2 is 1.85 bits per heavy atom. The van der Waals surface area contributed by atoms with E-state index in [0.29, 0.717) is 5.69 Å². The maximum Gasteiger partial charge on any atom is 0.267 e. The number of benzene rings is 1. The standard InChI is InChI=1S/C10H13NO2/c1-8(2)10(12,13)11-9-6-4-3-5-7-9/h3-7,11-13H,1H2,2H3. The van der Waals surface area contributed by atoms with Gasteiger partial charge in [0.15, 0.2) is 0 Å². The first-order chi connectivity index (χ1) is 6.02. The van der Waals surface area contributed by atoms with Crippen molar-refractivity contribution < 1.29 is 10.2 Å². The quantitative estimate of drug-likeness (QED) is 0.484. The average molecular weight is 179 g/mol. The van der Waals surface area contributed by atoms with E-state index < -0.39 is 5.91 Å². The van der Waals surface area contributed by atoms with Crippen LogP contribution in [0.15, 0.2) is 42.5 Å². The van der Waals surface area contributed by atoms with Crippen molar-refractivity contribution in [1.82, 2.24) is 0 Å². The lowest BCUT2D eigenvalue weighted by Gasteiger charge is -2.24. The Bertz CT molecular complexity index is 293. The second-order valence-corrected chi connectivity index (χ2v) is 2.94. The highest BCUT2D eigenvalue weighted by Crippen LogP contribution is 2.15. The Kier molecular flexibility index (Phi) is 2.70. The third-order valence-electron chi connectivity index (χ3n) is 1.69. The molecule has 3 nitrogen and oxygen atoms in total. The smallest absolute Gasteiger partial charge is 0.267 e. The Morgan fingerprint density at radius 1 is 1.31 bits per heavy atom. The average Bonchev–Trinajstić information content (AvgIpc) is 2.05. The van der Waals surface area contributed by atoms with Crippen LogP contribution in [0.1, 0.15) is 6.92 Å². The van der Waals surface area contributed by atoms with Crippen molar-refractivity contribution in [3.8, 4) is 0 Å². The number of rotatable bonds is 3. The molecule has 1 aromatic rings. The summed E-state index contributed by atoms with van der Waals surface area (Å²) < 4.78 is 0. The van der Waals surface area contributed by atoms with Crippen molar-refractivity contribution in [3.63, 3.8) is 0 Å². The van der Waals surface area contributed by atoms with Crippen molar-refractivity contribution >= 4 is 5.69 Å². The number of hydrogen-bond acceptors (Lipinski definition) is 3. The fourth-order valence-electron chi connectivity index (χ4n) is 0.829. The van der Waals surface area contributed by atoms with E-state index in [1.807, 2.05) is 6.07 Å². The Hall–Kier alpha value is -1.32. The first kappa shape index (κ1) is 9.77. The lowest BCUT2D eigenvalue weighted by molar-refractivity contribution is -0.102. The second-order valence-electron chi connectivity index (χ2n) is 2.94. The molecule has 0 saturated heterocycles. The molecule has 0 radical (unpaired) electrons. The van der Waals surface area contributed by atoms with Crippen molar-refractivity contribution in [2.75, 3.05) is 5.32 Å². The van der Waals surface area contributed by atoms with Crippen LogP contribution in [-0.2, 0) is 0 Å². The molecule has 3 N–H and O–H groups in total. The second kappa shape index (κ2) is 3.60. The summed E-state index contributed by atoms with van der Waals surface area (Å²) in [7, 11) is 0. The minimum Gasteiger partial charge on any atom is -0.345 e. The molecule has 0 aromatic heterocycles. The van der Waals surface area contributed by atoms with E-state index in [1.54, 1.807) is 24.3 Å². The summed E-state index contributed by atoms with van der Waals surface area (Å²) in [6.45, 7) is 5.00. The van der Waals surface area contributed by atoms with Crippen LogP contribution < -0.4 is 5.32 Å². The fourth-order valence-corrected chi connectivity index (χ4v) is 0.829. The number of anilines is 1. The van der Waals surface area contributed by atoms with Gasteiger partial charge >= 0.3 is 0 Å². The van der Waals surface area contributed by atoms with Crippen LogP contribution in [0.2, 0.25) is 0 Å². The molecule has 0 atom stereocenters. The Labute approximate surface area is 77.3 Å². The van der Waals surface area contributed by atoms with Crippen LogP contribution in [-0.4, -0.2) is 16.1 Å². The molecule has 0 spiro atoms. The SMILES string of the molecule is C=C(C)C(O)(O)Nc1ccccc1. The molecular weight excluding hydrogens is 166 g/mol. The first-order valence-corrected chi connectivity index (χ1v) is 3.96. The molecule has 13 heavy (non-hydrogen) atoms. The maximum absolute atomic E-state index is 9.39. The summed E-state index contributed by atoms with van der Waals surface area (Å²) in [4.78, 5) is 0. The third-order valence-corrected chi connectivity index (χ3v) is 1.69. The van der Waals surface area contributed by atoms with Gasteiger partial charge in [0.1, 0.15) is 0 Å². The van der Waals surface area contributed by atoms with Crippen LogP contribution in [0, 0.1) is 0 Å². The highest BCUT2D eigenvalue weighted by atomic mass is 16.5. The van der Waals surface area contributed by atoms with Gasteiger partial charge in [0.05, 0.1) is 0 Å². The predicted octanol–water partition coefficient (Wildman–Crippen LogP) is 1.31. The minimum atomic E-state index is -2.04. The van der Waals surface area contributed by atoms with Gasteiger partial charge in [-0.25, -0.2) is 0 Å². The molecule has 1 aromatic carbocycles. The molecular formula is C10H13NO2. The van der Waals surface area contributed by atoms with Crippen molar-refractivity contribution in [3.05, 3.63) is 42.5 Å². The zero-order chi connectivity index (χ0) is 9.90. The van der Waals surface area contributed by atoms with Crippen molar-refractivity contribution in [1.29, 1.82) is 0 Å². The van der Waals surface area contributed by atoms with Gasteiger partial charge in [-0.1, -0.05) is 24.8 Å². The van der Waals surface area contributed by atoms with Crippen LogP contribution >= 0.6 is 0 Å². The zero-order valence-electron chi connectivity index (χ0n) is 7.49. The van der Waals surface area contributed by atoms with Crippen LogP contribution in [0.3, 0.4) is 0 Å². The van der Waals surface area contributed by atoms with Crippen LogP contribution in [0.25, 0.3) is 0 Å². The van der Waals surface area contributed by atoms with E-state index in [9.17, 15) is 10.2 Å².